The van der Waals surface area contributed by atoms with Crippen LogP contribution in [0.3, 0.4) is 0 Å². The minimum Gasteiger partial charge on any atom is -0.497 e. The second kappa shape index (κ2) is 10.5. The second-order valence-electron chi connectivity index (χ2n) is 8.54. The van der Waals surface area contributed by atoms with Gasteiger partial charge in [-0.3, -0.25) is 4.79 Å². The van der Waals surface area contributed by atoms with Gasteiger partial charge in [-0.2, -0.15) is 4.98 Å². The number of carbonyl (C=O) groups is 1. The Kier molecular flexibility index (Phi) is 6.93. The maximum absolute atomic E-state index is 13.9. The quantitative estimate of drug-likeness (QED) is 0.322. The zero-order valence-corrected chi connectivity index (χ0v) is 22.0. The van der Waals surface area contributed by atoms with Crippen molar-refractivity contribution in [3.05, 3.63) is 88.6 Å². The average molecular weight is 532 g/mol. The lowest BCUT2D eigenvalue weighted by molar-refractivity contribution is -0.113. The summed E-state index contributed by atoms with van der Waals surface area (Å²) < 4.78 is 18.3. The molecule has 0 bridgehead atoms. The Labute approximate surface area is 225 Å². The summed E-state index contributed by atoms with van der Waals surface area (Å²) in [6.07, 6.45) is 0. The minimum absolute atomic E-state index is 0.333. The van der Waals surface area contributed by atoms with Crippen molar-refractivity contribution in [3.8, 4) is 28.6 Å². The summed E-state index contributed by atoms with van der Waals surface area (Å²) in [4.78, 5) is 18.6. The summed E-state index contributed by atoms with van der Waals surface area (Å²) >= 11 is 6.23. The van der Waals surface area contributed by atoms with Gasteiger partial charge in [0, 0.05) is 21.8 Å². The van der Waals surface area contributed by atoms with Crippen LogP contribution in [-0.2, 0) is 4.79 Å². The predicted octanol–water partition coefficient (Wildman–Crippen LogP) is 5.55. The Bertz CT molecular complexity index is 1550. The highest BCUT2D eigenvalue weighted by Crippen LogP contribution is 2.42. The molecule has 0 saturated carbocycles. The van der Waals surface area contributed by atoms with E-state index in [0.717, 1.165) is 5.56 Å². The van der Waals surface area contributed by atoms with Gasteiger partial charge in [-0.15, -0.1) is 5.10 Å². The van der Waals surface area contributed by atoms with Crippen LogP contribution < -0.4 is 24.8 Å². The van der Waals surface area contributed by atoms with Gasteiger partial charge in [-0.25, -0.2) is 4.68 Å². The molecule has 1 aromatic heterocycles. The SMILES string of the molecule is COc1ccc(OC)c(C2C(C(=O)Nc3ccccc3OC)=C(C)Nc3nc(-c4cccc(Cl)c4)nn32)c1. The molecule has 0 fully saturated rings. The number of ether oxygens (including phenoxy) is 3. The third-order valence-electron chi connectivity index (χ3n) is 6.27. The fourth-order valence-corrected chi connectivity index (χ4v) is 4.66. The van der Waals surface area contributed by atoms with E-state index in [1.54, 1.807) is 62.4 Å². The van der Waals surface area contributed by atoms with E-state index < -0.39 is 6.04 Å². The average Bonchev–Trinajstić information content (AvgIpc) is 3.35. The summed E-state index contributed by atoms with van der Waals surface area (Å²) in [6, 6.07) is 19.3. The first kappa shape index (κ1) is 25.2. The van der Waals surface area contributed by atoms with Crippen molar-refractivity contribution in [1.29, 1.82) is 0 Å². The number of para-hydroxylation sites is 2. The monoisotopic (exact) mass is 531 g/mol. The Morgan fingerprint density at radius 1 is 0.974 bits per heavy atom. The van der Waals surface area contributed by atoms with Gasteiger partial charge in [0.15, 0.2) is 5.82 Å². The fourth-order valence-electron chi connectivity index (χ4n) is 4.47. The van der Waals surface area contributed by atoms with Gasteiger partial charge < -0.3 is 24.8 Å². The number of allylic oxidation sites excluding steroid dienone is 1. The van der Waals surface area contributed by atoms with E-state index in [2.05, 4.69) is 10.6 Å². The van der Waals surface area contributed by atoms with Gasteiger partial charge in [0.2, 0.25) is 5.95 Å². The molecule has 4 aromatic rings. The molecule has 5 rings (SSSR count). The van der Waals surface area contributed by atoms with E-state index in [-0.39, 0.29) is 5.91 Å². The second-order valence-corrected chi connectivity index (χ2v) is 8.98. The molecule has 194 valence electrons. The third kappa shape index (κ3) is 4.64. The molecule has 0 saturated heterocycles. The van der Waals surface area contributed by atoms with Crippen molar-refractivity contribution in [1.82, 2.24) is 14.8 Å². The molecule has 0 aliphatic carbocycles. The first-order valence-corrected chi connectivity index (χ1v) is 12.2. The van der Waals surface area contributed by atoms with Crippen molar-refractivity contribution in [2.24, 2.45) is 0 Å². The van der Waals surface area contributed by atoms with E-state index in [4.69, 9.17) is 35.9 Å². The maximum Gasteiger partial charge on any atom is 0.255 e. The number of halogens is 1. The summed E-state index contributed by atoms with van der Waals surface area (Å²) in [5, 5.41) is 11.6. The Balaban J connectivity index is 1.67. The zero-order chi connectivity index (χ0) is 26.8. The molecule has 2 heterocycles. The highest BCUT2D eigenvalue weighted by Gasteiger charge is 2.36. The molecule has 0 spiro atoms. The number of anilines is 2. The van der Waals surface area contributed by atoms with Crippen molar-refractivity contribution in [3.63, 3.8) is 0 Å². The predicted molar refractivity (Wildman–Crippen MR) is 146 cm³/mol. The number of rotatable bonds is 7. The van der Waals surface area contributed by atoms with Crippen LogP contribution in [0.2, 0.25) is 5.02 Å². The van der Waals surface area contributed by atoms with E-state index in [1.165, 1.54) is 0 Å². The summed E-state index contributed by atoms with van der Waals surface area (Å²) in [7, 11) is 4.72. The molecular formula is C28H26ClN5O4. The maximum atomic E-state index is 13.9. The Hall–Kier alpha value is -4.50. The lowest BCUT2D eigenvalue weighted by Gasteiger charge is -2.29. The molecule has 10 heteroatoms. The standard InChI is InChI=1S/C28H26ClN5O4/c1-16-24(27(35)31-21-10-5-6-11-23(21)38-4)25(20-15-19(36-2)12-13-22(20)37-3)34-28(30-16)32-26(33-34)17-8-7-9-18(29)14-17/h5-15,25H,1-4H3,(H,31,35)(H,30,32,33). The Morgan fingerprint density at radius 3 is 2.50 bits per heavy atom. The fraction of sp³-hybridized carbons (Fsp3) is 0.179. The van der Waals surface area contributed by atoms with Crippen LogP contribution in [0.25, 0.3) is 11.4 Å². The number of amides is 1. The molecule has 1 aliphatic heterocycles. The minimum atomic E-state index is -0.688. The number of carbonyl (C=O) groups excluding carboxylic acids is 1. The first-order valence-electron chi connectivity index (χ1n) is 11.8. The molecule has 1 atom stereocenters. The smallest absolute Gasteiger partial charge is 0.255 e. The van der Waals surface area contributed by atoms with Crippen LogP contribution in [0.4, 0.5) is 11.6 Å². The number of benzene rings is 3. The number of methoxy groups -OCH3 is 3. The van der Waals surface area contributed by atoms with Crippen LogP contribution in [0.1, 0.15) is 18.5 Å². The summed E-state index contributed by atoms with van der Waals surface area (Å²) in [6.45, 7) is 1.83. The normalized spacial score (nSPS) is 14.4. The molecule has 1 amide bonds. The van der Waals surface area contributed by atoms with Crippen LogP contribution in [-0.4, -0.2) is 42.0 Å². The number of aromatic nitrogens is 3. The van der Waals surface area contributed by atoms with Crippen molar-refractivity contribution in [2.45, 2.75) is 13.0 Å². The van der Waals surface area contributed by atoms with Crippen molar-refractivity contribution in [2.75, 3.05) is 32.0 Å². The summed E-state index contributed by atoms with van der Waals surface area (Å²) in [5.74, 6) is 2.32. The first-order chi connectivity index (χ1) is 18.4. The van der Waals surface area contributed by atoms with Crippen LogP contribution in [0, 0.1) is 0 Å². The van der Waals surface area contributed by atoms with Gasteiger partial charge in [0.05, 0.1) is 32.6 Å². The number of fused-ring (bicyclic) bond motifs is 1. The van der Waals surface area contributed by atoms with Crippen molar-refractivity contribution < 1.29 is 19.0 Å². The lowest BCUT2D eigenvalue weighted by Crippen LogP contribution is -2.31. The zero-order valence-electron chi connectivity index (χ0n) is 21.3. The van der Waals surface area contributed by atoms with Gasteiger partial charge in [0.25, 0.3) is 5.91 Å². The molecule has 2 N–H and O–H groups in total. The van der Waals surface area contributed by atoms with Crippen LogP contribution >= 0.6 is 11.6 Å². The highest BCUT2D eigenvalue weighted by atomic mass is 35.5. The molecule has 0 radical (unpaired) electrons. The van der Waals surface area contributed by atoms with Gasteiger partial charge >= 0.3 is 0 Å². The largest absolute Gasteiger partial charge is 0.497 e. The van der Waals surface area contributed by atoms with Gasteiger partial charge in [-0.1, -0.05) is 35.9 Å². The lowest BCUT2D eigenvalue weighted by atomic mass is 9.94. The topological polar surface area (TPSA) is 99.5 Å². The van der Waals surface area contributed by atoms with E-state index in [1.807, 2.05) is 37.3 Å². The van der Waals surface area contributed by atoms with Crippen LogP contribution in [0.15, 0.2) is 78.0 Å². The van der Waals surface area contributed by atoms with E-state index in [0.29, 0.717) is 56.6 Å². The number of nitrogens with zero attached hydrogens (tertiary/aromatic N) is 3. The molecule has 3 aromatic carbocycles. The molecule has 1 unspecified atom stereocenters. The number of nitrogens with one attached hydrogen (secondary N) is 2. The molecule has 38 heavy (non-hydrogen) atoms. The molecular weight excluding hydrogens is 506 g/mol. The number of hydrogen-bond donors (Lipinski definition) is 2. The third-order valence-corrected chi connectivity index (χ3v) is 6.50. The van der Waals surface area contributed by atoms with Gasteiger partial charge in [0.1, 0.15) is 23.3 Å². The van der Waals surface area contributed by atoms with Gasteiger partial charge in [-0.05, 0) is 49.4 Å². The van der Waals surface area contributed by atoms with E-state index in [9.17, 15) is 4.79 Å². The Morgan fingerprint density at radius 2 is 1.76 bits per heavy atom. The summed E-state index contributed by atoms with van der Waals surface area (Å²) in [5.41, 5.74) is 3.01. The number of hydrogen-bond acceptors (Lipinski definition) is 7. The highest BCUT2D eigenvalue weighted by molar-refractivity contribution is 6.30. The molecule has 9 nitrogen and oxygen atoms in total. The van der Waals surface area contributed by atoms with Crippen molar-refractivity contribution >= 4 is 29.1 Å². The molecule has 1 aliphatic rings. The van der Waals surface area contributed by atoms with E-state index >= 15 is 0 Å². The van der Waals surface area contributed by atoms with Crippen LogP contribution in [0.5, 0.6) is 17.2 Å².